The third-order valence-corrected chi connectivity index (χ3v) is 3.95. The quantitative estimate of drug-likeness (QED) is 0.809. The topological polar surface area (TPSA) is 44.1 Å². The average molecular weight is 325 g/mol. The zero-order valence-corrected chi connectivity index (χ0v) is 13.0. The van der Waals surface area contributed by atoms with Crippen LogP contribution in [-0.2, 0) is 6.54 Å². The molecule has 21 heavy (non-hydrogen) atoms. The minimum absolute atomic E-state index is 0.154. The van der Waals surface area contributed by atoms with Crippen molar-refractivity contribution >= 4 is 23.2 Å². The molecule has 1 heterocycles. The molecule has 4 nitrogen and oxygen atoms in total. The summed E-state index contributed by atoms with van der Waals surface area (Å²) in [6.07, 6.45) is 2.08. The molecule has 0 saturated heterocycles. The standard InChI is InChI=1S/C15H14Cl2N2O2/c1-21-12-5-4-11(16)6-10(12)8-19-14(20)7-13(17)18-15(19)9-2-3-9/h4-7,9H,2-3,8H2,1H3. The highest BCUT2D eigenvalue weighted by molar-refractivity contribution is 6.30. The van der Waals surface area contributed by atoms with Crippen molar-refractivity contribution in [2.45, 2.75) is 25.3 Å². The van der Waals surface area contributed by atoms with Crippen LogP contribution in [0.5, 0.6) is 5.75 Å². The Balaban J connectivity index is 2.06. The van der Waals surface area contributed by atoms with Crippen LogP contribution in [0.2, 0.25) is 10.2 Å². The van der Waals surface area contributed by atoms with Crippen LogP contribution in [-0.4, -0.2) is 16.7 Å². The Morgan fingerprint density at radius 1 is 1.33 bits per heavy atom. The fourth-order valence-corrected chi connectivity index (χ4v) is 2.72. The summed E-state index contributed by atoms with van der Waals surface area (Å²) in [7, 11) is 1.59. The van der Waals surface area contributed by atoms with Crippen LogP contribution in [0.3, 0.4) is 0 Å². The highest BCUT2D eigenvalue weighted by Gasteiger charge is 2.29. The largest absolute Gasteiger partial charge is 0.496 e. The van der Waals surface area contributed by atoms with E-state index < -0.39 is 0 Å². The van der Waals surface area contributed by atoms with Crippen molar-refractivity contribution in [1.29, 1.82) is 0 Å². The summed E-state index contributed by atoms with van der Waals surface area (Å²) in [6.45, 7) is 0.374. The van der Waals surface area contributed by atoms with E-state index in [1.165, 1.54) is 6.07 Å². The summed E-state index contributed by atoms with van der Waals surface area (Å²) in [6, 6.07) is 6.69. The summed E-state index contributed by atoms with van der Waals surface area (Å²) in [5.41, 5.74) is 0.692. The second-order valence-corrected chi connectivity index (χ2v) is 5.92. The molecule has 0 bridgehead atoms. The first-order valence-electron chi connectivity index (χ1n) is 6.68. The molecule has 0 spiro atoms. The lowest BCUT2D eigenvalue weighted by Gasteiger charge is -2.14. The van der Waals surface area contributed by atoms with Gasteiger partial charge in [0.1, 0.15) is 16.7 Å². The fourth-order valence-electron chi connectivity index (χ4n) is 2.35. The van der Waals surface area contributed by atoms with Gasteiger partial charge in [0.05, 0.1) is 13.7 Å². The molecule has 1 aromatic carbocycles. The molecule has 0 atom stereocenters. The van der Waals surface area contributed by atoms with Gasteiger partial charge in [-0.05, 0) is 31.0 Å². The summed E-state index contributed by atoms with van der Waals surface area (Å²) < 4.78 is 6.98. The monoisotopic (exact) mass is 324 g/mol. The number of rotatable bonds is 4. The zero-order valence-electron chi connectivity index (χ0n) is 11.5. The van der Waals surface area contributed by atoms with Gasteiger partial charge in [-0.15, -0.1) is 0 Å². The Bertz CT molecular complexity index is 739. The summed E-state index contributed by atoms with van der Waals surface area (Å²) in [5, 5.41) is 0.852. The number of halogens is 2. The molecule has 0 radical (unpaired) electrons. The van der Waals surface area contributed by atoms with Gasteiger partial charge in [0.15, 0.2) is 0 Å². The molecular formula is C15H14Cl2N2O2. The molecular weight excluding hydrogens is 311 g/mol. The van der Waals surface area contributed by atoms with Gasteiger partial charge in [-0.1, -0.05) is 23.2 Å². The minimum atomic E-state index is -0.154. The molecule has 3 rings (SSSR count). The van der Waals surface area contributed by atoms with Crippen LogP contribution >= 0.6 is 23.2 Å². The smallest absolute Gasteiger partial charge is 0.255 e. The third kappa shape index (κ3) is 3.06. The normalized spacial score (nSPS) is 14.2. The van der Waals surface area contributed by atoms with E-state index in [1.54, 1.807) is 29.9 Å². The highest BCUT2D eigenvalue weighted by Crippen LogP contribution is 2.39. The Morgan fingerprint density at radius 2 is 2.10 bits per heavy atom. The van der Waals surface area contributed by atoms with Crippen LogP contribution in [0.4, 0.5) is 0 Å². The van der Waals surface area contributed by atoms with Gasteiger partial charge in [0, 0.05) is 22.6 Å². The first-order valence-corrected chi connectivity index (χ1v) is 7.44. The third-order valence-electron chi connectivity index (χ3n) is 3.52. The summed E-state index contributed by atoms with van der Waals surface area (Å²) in [4.78, 5) is 16.6. The van der Waals surface area contributed by atoms with Crippen LogP contribution in [0.1, 0.15) is 30.1 Å². The number of aromatic nitrogens is 2. The van der Waals surface area contributed by atoms with Crippen molar-refractivity contribution in [2.75, 3.05) is 7.11 Å². The summed E-state index contributed by atoms with van der Waals surface area (Å²) in [5.74, 6) is 1.76. The molecule has 0 aliphatic heterocycles. The first-order chi connectivity index (χ1) is 10.1. The molecule has 110 valence electrons. The van der Waals surface area contributed by atoms with Crippen molar-refractivity contribution in [3.05, 3.63) is 56.2 Å². The van der Waals surface area contributed by atoms with Crippen LogP contribution in [0, 0.1) is 0 Å². The van der Waals surface area contributed by atoms with Gasteiger partial charge >= 0.3 is 0 Å². The first kappa shape index (κ1) is 14.4. The Kier molecular flexibility index (Phi) is 3.91. The van der Waals surface area contributed by atoms with E-state index in [0.717, 1.165) is 24.2 Å². The van der Waals surface area contributed by atoms with Crippen LogP contribution in [0.15, 0.2) is 29.1 Å². The van der Waals surface area contributed by atoms with Gasteiger partial charge in [-0.2, -0.15) is 0 Å². The molecule has 2 aromatic rings. The fraction of sp³-hybridized carbons (Fsp3) is 0.333. The van der Waals surface area contributed by atoms with Gasteiger partial charge in [0.25, 0.3) is 5.56 Å². The van der Waals surface area contributed by atoms with E-state index in [1.807, 2.05) is 0 Å². The SMILES string of the molecule is COc1ccc(Cl)cc1Cn1c(C2CC2)nc(Cl)cc1=O. The lowest BCUT2D eigenvalue weighted by molar-refractivity contribution is 0.407. The van der Waals surface area contributed by atoms with Crippen LogP contribution < -0.4 is 10.3 Å². The Labute approximate surface area is 132 Å². The number of methoxy groups -OCH3 is 1. The summed E-state index contributed by atoms with van der Waals surface area (Å²) >= 11 is 12.0. The van der Waals surface area contributed by atoms with Gasteiger partial charge in [0.2, 0.25) is 0 Å². The van der Waals surface area contributed by atoms with Crippen molar-refractivity contribution in [2.24, 2.45) is 0 Å². The molecule has 6 heteroatoms. The predicted octanol–water partition coefficient (Wildman–Crippen LogP) is 3.48. The molecule has 1 aliphatic rings. The van der Waals surface area contributed by atoms with E-state index in [-0.39, 0.29) is 10.7 Å². The average Bonchev–Trinajstić information content (AvgIpc) is 3.26. The molecule has 1 aliphatic carbocycles. The molecule has 0 unspecified atom stereocenters. The van der Waals surface area contributed by atoms with Crippen LogP contribution in [0.25, 0.3) is 0 Å². The van der Waals surface area contributed by atoms with Crippen molar-refractivity contribution < 1.29 is 4.74 Å². The van der Waals surface area contributed by atoms with Gasteiger partial charge in [-0.25, -0.2) is 4.98 Å². The van der Waals surface area contributed by atoms with E-state index in [9.17, 15) is 4.79 Å². The van der Waals surface area contributed by atoms with Crippen molar-refractivity contribution in [3.63, 3.8) is 0 Å². The number of ether oxygens (including phenoxy) is 1. The van der Waals surface area contributed by atoms with Crippen molar-refractivity contribution in [3.8, 4) is 5.75 Å². The number of benzene rings is 1. The van der Waals surface area contributed by atoms with E-state index in [4.69, 9.17) is 27.9 Å². The molecule has 0 amide bonds. The number of hydrogen-bond acceptors (Lipinski definition) is 3. The molecule has 1 saturated carbocycles. The number of hydrogen-bond donors (Lipinski definition) is 0. The molecule has 1 fully saturated rings. The zero-order chi connectivity index (χ0) is 15.0. The second kappa shape index (κ2) is 5.70. The maximum absolute atomic E-state index is 12.2. The Hall–Kier alpha value is -1.52. The Morgan fingerprint density at radius 3 is 2.76 bits per heavy atom. The highest BCUT2D eigenvalue weighted by atomic mass is 35.5. The predicted molar refractivity (Wildman–Crippen MR) is 82.6 cm³/mol. The van der Waals surface area contributed by atoms with E-state index in [0.29, 0.717) is 23.2 Å². The van der Waals surface area contributed by atoms with Gasteiger partial charge < -0.3 is 4.74 Å². The lowest BCUT2D eigenvalue weighted by Crippen LogP contribution is -2.25. The minimum Gasteiger partial charge on any atom is -0.496 e. The number of nitrogens with zero attached hydrogens (tertiary/aromatic N) is 2. The van der Waals surface area contributed by atoms with Crippen molar-refractivity contribution in [1.82, 2.24) is 9.55 Å². The van der Waals surface area contributed by atoms with E-state index >= 15 is 0 Å². The van der Waals surface area contributed by atoms with E-state index in [2.05, 4.69) is 4.98 Å². The maximum atomic E-state index is 12.2. The lowest BCUT2D eigenvalue weighted by atomic mass is 10.2. The maximum Gasteiger partial charge on any atom is 0.255 e. The molecule has 1 aromatic heterocycles. The molecule has 0 N–H and O–H groups in total. The second-order valence-electron chi connectivity index (χ2n) is 5.09. The van der Waals surface area contributed by atoms with Gasteiger partial charge in [-0.3, -0.25) is 9.36 Å².